The highest BCUT2D eigenvalue weighted by Crippen LogP contribution is 2.20. The average molecular weight is 209 g/mol. The monoisotopic (exact) mass is 209 g/mol. The standard InChI is InChI=1S/C12H23N3/c1-5-10(13)8-15-9-14-7-11(15)6-12(2,3)4/h7,9-10H,5-6,8,13H2,1-4H3. The second kappa shape index (κ2) is 4.79. The first-order valence-corrected chi connectivity index (χ1v) is 5.67. The minimum Gasteiger partial charge on any atom is -0.333 e. The molecule has 0 radical (unpaired) electrons. The van der Waals surface area contributed by atoms with Crippen LogP contribution in [0.25, 0.3) is 0 Å². The Labute approximate surface area is 92.7 Å². The lowest BCUT2D eigenvalue weighted by atomic mass is 9.91. The Hall–Kier alpha value is -0.830. The van der Waals surface area contributed by atoms with Crippen molar-refractivity contribution in [2.75, 3.05) is 0 Å². The van der Waals surface area contributed by atoms with Gasteiger partial charge in [0.1, 0.15) is 0 Å². The van der Waals surface area contributed by atoms with Crippen molar-refractivity contribution >= 4 is 0 Å². The van der Waals surface area contributed by atoms with Crippen LogP contribution in [0.2, 0.25) is 0 Å². The van der Waals surface area contributed by atoms with Crippen molar-refractivity contribution in [1.82, 2.24) is 9.55 Å². The fraction of sp³-hybridized carbons (Fsp3) is 0.750. The number of aromatic nitrogens is 2. The molecule has 2 N–H and O–H groups in total. The first-order valence-electron chi connectivity index (χ1n) is 5.67. The Morgan fingerprint density at radius 2 is 2.13 bits per heavy atom. The third-order valence-corrected chi connectivity index (χ3v) is 2.47. The highest BCUT2D eigenvalue weighted by atomic mass is 15.1. The fourth-order valence-corrected chi connectivity index (χ4v) is 1.58. The molecule has 0 aliphatic carbocycles. The van der Waals surface area contributed by atoms with Gasteiger partial charge in [-0.1, -0.05) is 27.7 Å². The van der Waals surface area contributed by atoms with E-state index in [1.807, 2.05) is 12.5 Å². The first kappa shape index (κ1) is 12.2. The number of nitrogens with zero attached hydrogens (tertiary/aromatic N) is 2. The normalized spacial score (nSPS) is 14.2. The molecule has 1 rings (SSSR count). The van der Waals surface area contributed by atoms with Crippen LogP contribution in [0.4, 0.5) is 0 Å². The van der Waals surface area contributed by atoms with Gasteiger partial charge in [-0.3, -0.25) is 0 Å². The van der Waals surface area contributed by atoms with Crippen LogP contribution in [0, 0.1) is 5.41 Å². The molecular weight excluding hydrogens is 186 g/mol. The van der Waals surface area contributed by atoms with Gasteiger partial charge in [-0.05, 0) is 18.3 Å². The topological polar surface area (TPSA) is 43.8 Å². The smallest absolute Gasteiger partial charge is 0.0948 e. The minimum atomic E-state index is 0.234. The van der Waals surface area contributed by atoms with Crippen LogP contribution in [-0.4, -0.2) is 15.6 Å². The van der Waals surface area contributed by atoms with Gasteiger partial charge in [-0.25, -0.2) is 4.98 Å². The molecule has 3 nitrogen and oxygen atoms in total. The summed E-state index contributed by atoms with van der Waals surface area (Å²) >= 11 is 0. The minimum absolute atomic E-state index is 0.234. The predicted octanol–water partition coefficient (Wildman–Crippen LogP) is 2.21. The van der Waals surface area contributed by atoms with Crippen LogP contribution in [-0.2, 0) is 13.0 Å². The molecule has 0 spiro atoms. The second-order valence-corrected chi connectivity index (χ2v) is 5.44. The highest BCUT2D eigenvalue weighted by Gasteiger charge is 2.15. The molecule has 1 aromatic rings. The summed E-state index contributed by atoms with van der Waals surface area (Å²) in [5.74, 6) is 0. The number of hydrogen-bond acceptors (Lipinski definition) is 2. The Bertz CT molecular complexity index is 296. The molecule has 0 fully saturated rings. The zero-order valence-electron chi connectivity index (χ0n) is 10.3. The van der Waals surface area contributed by atoms with E-state index in [2.05, 4.69) is 37.2 Å². The predicted molar refractivity (Wildman–Crippen MR) is 63.7 cm³/mol. The first-order chi connectivity index (χ1) is 6.92. The molecule has 0 saturated heterocycles. The Kier molecular flexibility index (Phi) is 3.91. The summed E-state index contributed by atoms with van der Waals surface area (Å²) in [7, 11) is 0. The van der Waals surface area contributed by atoms with Gasteiger partial charge in [0.05, 0.1) is 6.33 Å². The summed E-state index contributed by atoms with van der Waals surface area (Å²) in [6, 6.07) is 0.234. The van der Waals surface area contributed by atoms with Crippen LogP contribution >= 0.6 is 0 Å². The van der Waals surface area contributed by atoms with Gasteiger partial charge >= 0.3 is 0 Å². The van der Waals surface area contributed by atoms with E-state index in [0.717, 1.165) is 19.4 Å². The van der Waals surface area contributed by atoms with E-state index in [9.17, 15) is 0 Å². The number of hydrogen-bond donors (Lipinski definition) is 1. The summed E-state index contributed by atoms with van der Waals surface area (Å²) in [6.45, 7) is 9.71. The summed E-state index contributed by atoms with van der Waals surface area (Å²) in [4.78, 5) is 4.20. The molecule has 1 unspecified atom stereocenters. The number of rotatable bonds is 4. The van der Waals surface area contributed by atoms with Crippen LogP contribution in [0.5, 0.6) is 0 Å². The molecule has 0 aliphatic rings. The van der Waals surface area contributed by atoms with E-state index in [0.29, 0.717) is 5.41 Å². The van der Waals surface area contributed by atoms with E-state index in [-0.39, 0.29) is 6.04 Å². The number of imidazole rings is 1. The van der Waals surface area contributed by atoms with Crippen LogP contribution < -0.4 is 5.73 Å². The van der Waals surface area contributed by atoms with Gasteiger partial charge in [0.15, 0.2) is 0 Å². The van der Waals surface area contributed by atoms with Crippen LogP contribution in [0.15, 0.2) is 12.5 Å². The van der Waals surface area contributed by atoms with Crippen molar-refractivity contribution in [1.29, 1.82) is 0 Å². The van der Waals surface area contributed by atoms with Crippen LogP contribution in [0.1, 0.15) is 39.8 Å². The third-order valence-electron chi connectivity index (χ3n) is 2.47. The molecule has 0 bridgehead atoms. The van der Waals surface area contributed by atoms with E-state index < -0.39 is 0 Å². The zero-order chi connectivity index (χ0) is 11.5. The molecule has 86 valence electrons. The maximum atomic E-state index is 5.95. The molecule has 15 heavy (non-hydrogen) atoms. The van der Waals surface area contributed by atoms with Gasteiger partial charge in [0, 0.05) is 24.5 Å². The molecule has 0 amide bonds. The zero-order valence-corrected chi connectivity index (χ0v) is 10.3. The Morgan fingerprint density at radius 3 is 2.67 bits per heavy atom. The largest absolute Gasteiger partial charge is 0.333 e. The van der Waals surface area contributed by atoms with E-state index >= 15 is 0 Å². The van der Waals surface area contributed by atoms with Gasteiger partial charge in [0.25, 0.3) is 0 Å². The molecular formula is C12H23N3. The lowest BCUT2D eigenvalue weighted by Crippen LogP contribution is -2.26. The quantitative estimate of drug-likeness (QED) is 0.826. The maximum absolute atomic E-state index is 5.95. The Morgan fingerprint density at radius 1 is 1.47 bits per heavy atom. The lowest BCUT2D eigenvalue weighted by molar-refractivity contribution is 0.393. The third kappa shape index (κ3) is 4.04. The summed E-state index contributed by atoms with van der Waals surface area (Å²) in [5.41, 5.74) is 7.53. The molecule has 0 aromatic carbocycles. The summed E-state index contributed by atoms with van der Waals surface area (Å²) in [5, 5.41) is 0. The van der Waals surface area contributed by atoms with Gasteiger partial charge in [0.2, 0.25) is 0 Å². The molecule has 1 atom stereocenters. The average Bonchev–Trinajstić information content (AvgIpc) is 2.50. The van der Waals surface area contributed by atoms with Gasteiger partial charge in [-0.15, -0.1) is 0 Å². The molecule has 0 aliphatic heterocycles. The molecule has 1 heterocycles. The van der Waals surface area contributed by atoms with E-state index in [4.69, 9.17) is 5.73 Å². The fourth-order valence-electron chi connectivity index (χ4n) is 1.58. The van der Waals surface area contributed by atoms with Crippen molar-refractivity contribution in [2.24, 2.45) is 11.1 Å². The molecule has 0 saturated carbocycles. The molecule has 1 aromatic heterocycles. The lowest BCUT2D eigenvalue weighted by Gasteiger charge is -2.20. The SMILES string of the molecule is CCC(N)Cn1cncc1CC(C)(C)C. The highest BCUT2D eigenvalue weighted by molar-refractivity contribution is 5.01. The summed E-state index contributed by atoms with van der Waals surface area (Å²) in [6.07, 6.45) is 5.89. The summed E-state index contributed by atoms with van der Waals surface area (Å²) < 4.78 is 2.18. The van der Waals surface area contributed by atoms with Crippen molar-refractivity contribution in [3.05, 3.63) is 18.2 Å². The molecule has 3 heteroatoms. The van der Waals surface area contributed by atoms with Crippen LogP contribution in [0.3, 0.4) is 0 Å². The maximum Gasteiger partial charge on any atom is 0.0948 e. The van der Waals surface area contributed by atoms with Crippen molar-refractivity contribution < 1.29 is 0 Å². The van der Waals surface area contributed by atoms with Crippen molar-refractivity contribution in [2.45, 2.75) is 53.1 Å². The Balaban J connectivity index is 2.69. The van der Waals surface area contributed by atoms with Gasteiger partial charge < -0.3 is 10.3 Å². The van der Waals surface area contributed by atoms with Crippen molar-refractivity contribution in [3.8, 4) is 0 Å². The number of nitrogens with two attached hydrogens (primary N) is 1. The van der Waals surface area contributed by atoms with E-state index in [1.165, 1.54) is 5.69 Å². The van der Waals surface area contributed by atoms with E-state index in [1.54, 1.807) is 0 Å². The second-order valence-electron chi connectivity index (χ2n) is 5.44. The van der Waals surface area contributed by atoms with Gasteiger partial charge in [-0.2, -0.15) is 0 Å². The van der Waals surface area contributed by atoms with Crippen molar-refractivity contribution in [3.63, 3.8) is 0 Å².